The van der Waals surface area contributed by atoms with Gasteiger partial charge < -0.3 is 11.1 Å². The molecule has 2 unspecified atom stereocenters. The van der Waals surface area contributed by atoms with E-state index in [4.69, 9.17) is 5.73 Å². The van der Waals surface area contributed by atoms with Gasteiger partial charge in [0.15, 0.2) is 0 Å². The van der Waals surface area contributed by atoms with Crippen LogP contribution in [-0.4, -0.2) is 43.5 Å². The molecular weight excluding hydrogens is 262 g/mol. The maximum atomic E-state index is 12.0. The number of carbonyl (C=O) groups is 1. The lowest BCUT2D eigenvalue weighted by Crippen LogP contribution is -2.43. The quantitative estimate of drug-likeness (QED) is 0.706. The zero-order valence-corrected chi connectivity index (χ0v) is 13.4. The van der Waals surface area contributed by atoms with Gasteiger partial charge in [-0.3, -0.25) is 9.69 Å². The first kappa shape index (κ1) is 16.5. The summed E-state index contributed by atoms with van der Waals surface area (Å²) in [5.74, 6) is 0.715. The summed E-state index contributed by atoms with van der Waals surface area (Å²) in [5, 5.41) is 3.06. The minimum atomic E-state index is 0.150. The number of amides is 1. The van der Waals surface area contributed by atoms with Crippen molar-refractivity contribution < 1.29 is 4.79 Å². The van der Waals surface area contributed by atoms with Crippen LogP contribution in [0.25, 0.3) is 0 Å². The molecule has 2 rings (SSSR count). The van der Waals surface area contributed by atoms with Crippen LogP contribution < -0.4 is 11.1 Å². The van der Waals surface area contributed by atoms with E-state index in [2.05, 4.69) is 23.3 Å². The molecule has 1 saturated carbocycles. The number of nitrogens with two attached hydrogens (primary N) is 1. The van der Waals surface area contributed by atoms with Crippen molar-refractivity contribution in [2.24, 2.45) is 11.7 Å². The Morgan fingerprint density at radius 2 is 2.24 bits per heavy atom. The van der Waals surface area contributed by atoms with Crippen molar-refractivity contribution >= 4 is 5.91 Å². The minimum absolute atomic E-state index is 0.150. The van der Waals surface area contributed by atoms with Crippen LogP contribution >= 0.6 is 0 Å². The smallest absolute Gasteiger partial charge is 0.234 e. The Balaban J connectivity index is 1.65. The minimum Gasteiger partial charge on any atom is -0.355 e. The van der Waals surface area contributed by atoms with Gasteiger partial charge in [0.05, 0.1) is 6.54 Å². The molecule has 0 spiro atoms. The standard InChI is InChI=1S/C17H31N3O/c1-20(16-9-5-8-15(16)12-18)13-17(21)19-11-10-14-6-3-2-4-7-14/h6,15-16H,2-5,7-13,18H2,1H3,(H,19,21). The first-order chi connectivity index (χ1) is 10.2. The Morgan fingerprint density at radius 1 is 1.38 bits per heavy atom. The van der Waals surface area contributed by atoms with E-state index in [-0.39, 0.29) is 5.91 Å². The molecule has 120 valence electrons. The molecule has 0 saturated heterocycles. The summed E-state index contributed by atoms with van der Waals surface area (Å²) in [4.78, 5) is 14.2. The normalized spacial score (nSPS) is 26.0. The van der Waals surface area contributed by atoms with Gasteiger partial charge in [-0.1, -0.05) is 18.1 Å². The van der Waals surface area contributed by atoms with E-state index in [1.54, 1.807) is 0 Å². The third-order valence-corrected chi connectivity index (χ3v) is 5.03. The number of likely N-dealkylation sites (N-methyl/N-ethyl adjacent to an activating group) is 1. The van der Waals surface area contributed by atoms with Gasteiger partial charge in [0.25, 0.3) is 0 Å². The van der Waals surface area contributed by atoms with Crippen LogP contribution in [0.5, 0.6) is 0 Å². The molecule has 0 bridgehead atoms. The van der Waals surface area contributed by atoms with Gasteiger partial charge in [-0.05, 0) is 64.5 Å². The summed E-state index contributed by atoms with van der Waals surface area (Å²) in [7, 11) is 2.06. The van der Waals surface area contributed by atoms with Gasteiger partial charge in [-0.2, -0.15) is 0 Å². The summed E-state index contributed by atoms with van der Waals surface area (Å²) in [6.07, 6.45) is 12.1. The topological polar surface area (TPSA) is 58.4 Å². The number of allylic oxidation sites excluding steroid dienone is 1. The Morgan fingerprint density at radius 3 is 2.95 bits per heavy atom. The second-order valence-electron chi connectivity index (χ2n) is 6.62. The highest BCUT2D eigenvalue weighted by atomic mass is 16.2. The molecule has 4 heteroatoms. The average molecular weight is 293 g/mol. The summed E-state index contributed by atoms with van der Waals surface area (Å²) in [6.45, 7) is 2.02. The van der Waals surface area contributed by atoms with E-state index in [1.807, 2.05) is 0 Å². The van der Waals surface area contributed by atoms with E-state index in [0.717, 1.165) is 19.5 Å². The van der Waals surface area contributed by atoms with Gasteiger partial charge in [-0.15, -0.1) is 0 Å². The van der Waals surface area contributed by atoms with Crippen LogP contribution in [0.1, 0.15) is 51.4 Å². The number of carbonyl (C=O) groups excluding carboxylic acids is 1. The molecule has 0 radical (unpaired) electrons. The fraction of sp³-hybridized carbons (Fsp3) is 0.824. The second kappa shape index (κ2) is 8.54. The predicted molar refractivity (Wildman–Crippen MR) is 87.0 cm³/mol. The van der Waals surface area contributed by atoms with Crippen molar-refractivity contribution in [3.8, 4) is 0 Å². The lowest BCUT2D eigenvalue weighted by atomic mass is 9.97. The third kappa shape index (κ3) is 5.11. The van der Waals surface area contributed by atoms with Gasteiger partial charge in [0.1, 0.15) is 0 Å². The fourth-order valence-electron chi connectivity index (χ4n) is 3.77. The molecule has 0 aromatic rings. The molecule has 4 nitrogen and oxygen atoms in total. The Hall–Kier alpha value is -0.870. The molecular formula is C17H31N3O. The van der Waals surface area contributed by atoms with E-state index in [1.165, 1.54) is 50.5 Å². The average Bonchev–Trinajstić information content (AvgIpc) is 2.97. The maximum Gasteiger partial charge on any atom is 0.234 e. The number of rotatable bonds is 7. The predicted octanol–water partition coefficient (Wildman–Crippen LogP) is 2.05. The van der Waals surface area contributed by atoms with Crippen molar-refractivity contribution in [1.82, 2.24) is 10.2 Å². The number of hydrogen-bond acceptors (Lipinski definition) is 3. The van der Waals surface area contributed by atoms with Crippen molar-refractivity contribution in [3.05, 3.63) is 11.6 Å². The van der Waals surface area contributed by atoms with Crippen molar-refractivity contribution in [3.63, 3.8) is 0 Å². The summed E-state index contributed by atoms with van der Waals surface area (Å²) >= 11 is 0. The first-order valence-corrected chi connectivity index (χ1v) is 8.55. The van der Waals surface area contributed by atoms with Crippen molar-refractivity contribution in [2.75, 3.05) is 26.7 Å². The Labute approximate surface area is 129 Å². The summed E-state index contributed by atoms with van der Waals surface area (Å²) in [6, 6.07) is 0.488. The highest BCUT2D eigenvalue weighted by molar-refractivity contribution is 5.78. The van der Waals surface area contributed by atoms with Gasteiger partial charge in [0, 0.05) is 12.6 Å². The highest BCUT2D eigenvalue weighted by Gasteiger charge is 2.29. The van der Waals surface area contributed by atoms with Gasteiger partial charge in [0.2, 0.25) is 5.91 Å². The highest BCUT2D eigenvalue weighted by Crippen LogP contribution is 2.28. The van der Waals surface area contributed by atoms with E-state index in [0.29, 0.717) is 18.5 Å². The van der Waals surface area contributed by atoms with Crippen molar-refractivity contribution in [1.29, 1.82) is 0 Å². The largest absolute Gasteiger partial charge is 0.355 e. The molecule has 3 N–H and O–H groups in total. The van der Waals surface area contributed by atoms with E-state index >= 15 is 0 Å². The molecule has 0 aliphatic heterocycles. The number of hydrogen-bond donors (Lipinski definition) is 2. The van der Waals surface area contributed by atoms with Crippen LogP contribution in [0, 0.1) is 5.92 Å². The molecule has 2 aliphatic carbocycles. The zero-order valence-electron chi connectivity index (χ0n) is 13.4. The van der Waals surface area contributed by atoms with E-state index in [9.17, 15) is 4.79 Å². The van der Waals surface area contributed by atoms with Gasteiger partial charge >= 0.3 is 0 Å². The van der Waals surface area contributed by atoms with Crippen molar-refractivity contribution in [2.45, 2.75) is 57.4 Å². The van der Waals surface area contributed by atoms with Crippen LogP contribution in [0.4, 0.5) is 0 Å². The monoisotopic (exact) mass is 293 g/mol. The molecule has 0 heterocycles. The third-order valence-electron chi connectivity index (χ3n) is 5.03. The molecule has 0 aromatic carbocycles. The van der Waals surface area contributed by atoms with Gasteiger partial charge in [-0.25, -0.2) is 0 Å². The lowest BCUT2D eigenvalue weighted by Gasteiger charge is -2.28. The number of nitrogens with one attached hydrogen (secondary N) is 1. The number of nitrogens with zero attached hydrogens (tertiary/aromatic N) is 1. The molecule has 2 atom stereocenters. The Bertz CT molecular complexity index is 367. The van der Waals surface area contributed by atoms with Crippen LogP contribution in [0.15, 0.2) is 11.6 Å². The fourth-order valence-corrected chi connectivity index (χ4v) is 3.77. The summed E-state index contributed by atoms with van der Waals surface area (Å²) in [5.41, 5.74) is 7.34. The summed E-state index contributed by atoms with van der Waals surface area (Å²) < 4.78 is 0. The van der Waals surface area contributed by atoms with Crippen LogP contribution in [-0.2, 0) is 4.79 Å². The van der Waals surface area contributed by atoms with Crippen LogP contribution in [0.2, 0.25) is 0 Å². The van der Waals surface area contributed by atoms with E-state index < -0.39 is 0 Å². The van der Waals surface area contributed by atoms with Crippen LogP contribution in [0.3, 0.4) is 0 Å². The SMILES string of the molecule is CN(CC(=O)NCCC1=CCCCC1)C1CCCC1CN. The molecule has 1 amide bonds. The molecule has 21 heavy (non-hydrogen) atoms. The lowest BCUT2D eigenvalue weighted by molar-refractivity contribution is -0.122. The maximum absolute atomic E-state index is 12.0. The molecule has 1 fully saturated rings. The first-order valence-electron chi connectivity index (χ1n) is 8.55. The second-order valence-corrected chi connectivity index (χ2v) is 6.62. The molecule has 0 aromatic heterocycles. The Kier molecular flexibility index (Phi) is 6.71. The zero-order chi connectivity index (χ0) is 15.1. The molecule has 2 aliphatic rings.